The molecule has 4 nitrogen and oxygen atoms in total. The molecule has 2 heterocycles. The van der Waals surface area contributed by atoms with Crippen LogP contribution in [-0.2, 0) is 6.54 Å². The lowest BCUT2D eigenvalue weighted by Crippen LogP contribution is -2.19. The first-order valence-electron chi connectivity index (χ1n) is 5.25. The van der Waals surface area contributed by atoms with Gasteiger partial charge in [0, 0.05) is 6.54 Å². The van der Waals surface area contributed by atoms with Crippen molar-refractivity contribution in [1.82, 2.24) is 20.2 Å². The molecule has 1 aromatic rings. The molecule has 84 valence electrons. The fourth-order valence-electron chi connectivity index (χ4n) is 1.80. The topological polar surface area (TPSA) is 43.6 Å². The Morgan fingerprint density at radius 1 is 1.53 bits per heavy atom. The van der Waals surface area contributed by atoms with Crippen molar-refractivity contribution >= 4 is 23.4 Å². The highest BCUT2D eigenvalue weighted by atomic mass is 35.5. The molecule has 1 atom stereocenters. The Morgan fingerprint density at radius 2 is 2.27 bits per heavy atom. The van der Waals surface area contributed by atoms with Crippen molar-refractivity contribution < 1.29 is 0 Å². The lowest BCUT2D eigenvalue weighted by Gasteiger charge is -2.21. The van der Waals surface area contributed by atoms with Crippen LogP contribution in [0.25, 0.3) is 0 Å². The van der Waals surface area contributed by atoms with Gasteiger partial charge in [0.25, 0.3) is 0 Å². The molecule has 1 unspecified atom stereocenters. The highest BCUT2D eigenvalue weighted by molar-refractivity contribution is 7.99. The summed E-state index contributed by atoms with van der Waals surface area (Å²) in [7, 11) is 0. The second kappa shape index (κ2) is 5.16. The lowest BCUT2D eigenvalue weighted by atomic mass is 10.0. The Bertz CT molecular complexity index is 309. The first-order valence-corrected chi connectivity index (χ1v) is 6.84. The van der Waals surface area contributed by atoms with Crippen molar-refractivity contribution in [3.8, 4) is 0 Å². The normalized spacial score (nSPS) is 20.4. The van der Waals surface area contributed by atoms with Crippen molar-refractivity contribution in [2.24, 2.45) is 5.92 Å². The van der Waals surface area contributed by atoms with Gasteiger partial charge in [0.05, 0.1) is 5.38 Å². The molecule has 0 aromatic carbocycles. The fraction of sp³-hybridized carbons (Fsp3) is 0.889. The molecular formula is C9H15ClN4S. The van der Waals surface area contributed by atoms with Gasteiger partial charge in [-0.25, -0.2) is 4.68 Å². The minimum absolute atomic E-state index is 0.113. The second-order valence-electron chi connectivity index (χ2n) is 3.89. The Balaban J connectivity index is 1.99. The summed E-state index contributed by atoms with van der Waals surface area (Å²) in [4.78, 5) is 0. The van der Waals surface area contributed by atoms with Gasteiger partial charge in [-0.2, -0.15) is 11.8 Å². The number of thioether (sulfide) groups is 1. The summed E-state index contributed by atoms with van der Waals surface area (Å²) in [5.74, 6) is 4.02. The number of rotatable bonds is 3. The molecule has 6 heteroatoms. The van der Waals surface area contributed by atoms with Gasteiger partial charge in [0.2, 0.25) is 0 Å². The van der Waals surface area contributed by atoms with Crippen LogP contribution in [0.4, 0.5) is 0 Å². The Kier molecular flexibility index (Phi) is 3.86. The molecule has 1 saturated heterocycles. The summed E-state index contributed by atoms with van der Waals surface area (Å²) >= 11 is 8.03. The molecule has 1 aliphatic rings. The molecule has 1 aliphatic heterocycles. The van der Waals surface area contributed by atoms with Crippen LogP contribution >= 0.6 is 23.4 Å². The number of alkyl halides is 1. The van der Waals surface area contributed by atoms with Gasteiger partial charge in [0.1, 0.15) is 0 Å². The Morgan fingerprint density at radius 3 is 2.93 bits per heavy atom. The predicted molar refractivity (Wildman–Crippen MR) is 62.1 cm³/mol. The first kappa shape index (κ1) is 11.2. The van der Waals surface area contributed by atoms with E-state index < -0.39 is 0 Å². The summed E-state index contributed by atoms with van der Waals surface area (Å²) in [5, 5.41) is 11.5. The molecular weight excluding hydrogens is 232 g/mol. The third kappa shape index (κ3) is 2.84. The zero-order chi connectivity index (χ0) is 10.7. The average molecular weight is 247 g/mol. The van der Waals surface area contributed by atoms with Crippen molar-refractivity contribution in [1.29, 1.82) is 0 Å². The van der Waals surface area contributed by atoms with Gasteiger partial charge in [-0.3, -0.25) is 0 Å². The molecule has 0 radical (unpaired) electrons. The van der Waals surface area contributed by atoms with Crippen molar-refractivity contribution in [2.45, 2.75) is 31.7 Å². The zero-order valence-electron chi connectivity index (χ0n) is 8.77. The van der Waals surface area contributed by atoms with Crippen LogP contribution in [0, 0.1) is 5.92 Å². The van der Waals surface area contributed by atoms with E-state index in [4.69, 9.17) is 11.6 Å². The van der Waals surface area contributed by atoms with Crippen LogP contribution in [0.5, 0.6) is 0 Å². The van der Waals surface area contributed by atoms with Crippen LogP contribution in [-0.4, -0.2) is 31.7 Å². The van der Waals surface area contributed by atoms with Gasteiger partial charge in [-0.05, 0) is 47.6 Å². The quantitative estimate of drug-likeness (QED) is 0.767. The molecule has 1 aromatic heterocycles. The van der Waals surface area contributed by atoms with Gasteiger partial charge in [-0.15, -0.1) is 16.7 Å². The van der Waals surface area contributed by atoms with E-state index in [0.717, 1.165) is 12.4 Å². The second-order valence-corrected chi connectivity index (χ2v) is 5.77. The fourth-order valence-corrected chi connectivity index (χ4v) is 3.16. The van der Waals surface area contributed by atoms with E-state index in [1.807, 2.05) is 23.4 Å². The van der Waals surface area contributed by atoms with E-state index in [0.29, 0.717) is 5.92 Å². The molecule has 0 N–H and O–H groups in total. The average Bonchev–Trinajstić information content (AvgIpc) is 2.67. The van der Waals surface area contributed by atoms with Crippen LogP contribution in [0.15, 0.2) is 0 Å². The third-order valence-electron chi connectivity index (χ3n) is 2.69. The van der Waals surface area contributed by atoms with E-state index in [1.165, 1.54) is 24.3 Å². The van der Waals surface area contributed by atoms with Crippen LogP contribution < -0.4 is 0 Å². The number of nitrogens with zero attached hydrogens (tertiary/aromatic N) is 4. The summed E-state index contributed by atoms with van der Waals surface area (Å²) in [5.41, 5.74) is 0. The summed E-state index contributed by atoms with van der Waals surface area (Å²) in [6, 6.07) is 0. The highest BCUT2D eigenvalue weighted by Crippen LogP contribution is 2.25. The van der Waals surface area contributed by atoms with E-state index in [-0.39, 0.29) is 5.38 Å². The highest BCUT2D eigenvalue weighted by Gasteiger charge is 2.18. The first-order chi connectivity index (χ1) is 7.27. The summed E-state index contributed by atoms with van der Waals surface area (Å²) in [6.07, 6.45) is 2.53. The molecule has 0 bridgehead atoms. The Hall–Kier alpha value is -0.290. The maximum absolute atomic E-state index is 6.00. The van der Waals surface area contributed by atoms with Gasteiger partial charge in [0.15, 0.2) is 5.82 Å². The summed E-state index contributed by atoms with van der Waals surface area (Å²) < 4.78 is 1.86. The molecule has 1 fully saturated rings. The molecule has 2 rings (SSSR count). The molecule has 0 spiro atoms. The van der Waals surface area contributed by atoms with E-state index in [2.05, 4.69) is 15.5 Å². The third-order valence-corrected chi connectivity index (χ3v) is 3.93. The lowest BCUT2D eigenvalue weighted by molar-refractivity contribution is 0.381. The zero-order valence-corrected chi connectivity index (χ0v) is 10.3. The van der Waals surface area contributed by atoms with Gasteiger partial charge < -0.3 is 0 Å². The van der Waals surface area contributed by atoms with Gasteiger partial charge in [-0.1, -0.05) is 0 Å². The maximum atomic E-state index is 6.00. The predicted octanol–water partition coefficient (Wildman–Crippen LogP) is 2.12. The number of hydrogen-bond acceptors (Lipinski definition) is 4. The smallest absolute Gasteiger partial charge is 0.168 e. The minimum atomic E-state index is -0.113. The minimum Gasteiger partial charge on any atom is -0.228 e. The van der Waals surface area contributed by atoms with Crippen molar-refractivity contribution in [3.63, 3.8) is 0 Å². The summed E-state index contributed by atoms with van der Waals surface area (Å²) in [6.45, 7) is 2.82. The molecule has 15 heavy (non-hydrogen) atoms. The van der Waals surface area contributed by atoms with E-state index in [9.17, 15) is 0 Å². The number of tetrazole rings is 1. The van der Waals surface area contributed by atoms with Crippen LogP contribution in [0.1, 0.15) is 31.0 Å². The largest absolute Gasteiger partial charge is 0.228 e. The number of halogens is 1. The molecule has 0 aliphatic carbocycles. The van der Waals surface area contributed by atoms with E-state index in [1.54, 1.807) is 0 Å². The van der Waals surface area contributed by atoms with Crippen LogP contribution in [0.2, 0.25) is 0 Å². The van der Waals surface area contributed by atoms with Gasteiger partial charge >= 0.3 is 0 Å². The van der Waals surface area contributed by atoms with Crippen LogP contribution in [0.3, 0.4) is 0 Å². The standard InChI is InChI=1S/C9H15ClN4S/c1-7(10)9-11-12-13-14(9)6-8-2-4-15-5-3-8/h7-8H,2-6H2,1H3. The monoisotopic (exact) mass is 246 g/mol. The SMILES string of the molecule is CC(Cl)c1nnnn1CC1CCSCC1. The maximum Gasteiger partial charge on any atom is 0.168 e. The van der Waals surface area contributed by atoms with Crippen molar-refractivity contribution in [2.75, 3.05) is 11.5 Å². The molecule has 0 amide bonds. The Labute approximate surface area is 98.8 Å². The van der Waals surface area contributed by atoms with E-state index >= 15 is 0 Å². The number of aromatic nitrogens is 4. The number of hydrogen-bond donors (Lipinski definition) is 0. The molecule has 0 saturated carbocycles. The van der Waals surface area contributed by atoms with Crippen molar-refractivity contribution in [3.05, 3.63) is 5.82 Å².